The zero-order chi connectivity index (χ0) is 13.8. The average molecular weight is 262 g/mol. The van der Waals surface area contributed by atoms with Crippen LogP contribution in [0.2, 0.25) is 0 Å². The molecule has 1 aromatic rings. The summed E-state index contributed by atoms with van der Waals surface area (Å²) < 4.78 is 0. The molecule has 2 N–H and O–H groups in total. The first kappa shape index (κ1) is 13.1. The second kappa shape index (κ2) is 5.51. The molecule has 19 heavy (non-hydrogen) atoms. The van der Waals surface area contributed by atoms with Gasteiger partial charge < -0.3 is 15.3 Å². The predicted molar refractivity (Wildman–Crippen MR) is 67.6 cm³/mol. The fraction of sp³-hybridized carbons (Fsp3) is 0.308. The van der Waals surface area contributed by atoms with Gasteiger partial charge in [-0.05, 0) is 12.5 Å². The highest BCUT2D eigenvalue weighted by atomic mass is 16.6. The number of aliphatic carboxylic acids is 1. The molecule has 2 rings (SSSR count). The molecular formula is C13H14N2O4. The summed E-state index contributed by atoms with van der Waals surface area (Å²) in [6.07, 6.45) is -0.875. The Hall–Kier alpha value is -2.37. The Kier molecular flexibility index (Phi) is 3.79. The molecule has 0 saturated heterocycles. The smallest absolute Gasteiger partial charge is 0.353 e. The molecule has 1 heterocycles. The monoisotopic (exact) mass is 262 g/mol. The second-order valence-electron chi connectivity index (χ2n) is 4.28. The fourth-order valence-corrected chi connectivity index (χ4v) is 1.78. The summed E-state index contributed by atoms with van der Waals surface area (Å²) in [6, 6.07) is 9.29. The molecule has 0 aliphatic carbocycles. The maximum Gasteiger partial charge on any atom is 0.353 e. The Morgan fingerprint density at radius 1 is 1.42 bits per heavy atom. The Bertz CT molecular complexity index is 513. The third-order valence-electron chi connectivity index (χ3n) is 2.87. The normalized spacial score (nSPS) is 19.2. The standard InChI is InChI=1S/C13H14N2O4/c1-8(9-5-3-2-4-6-9)14-12(16)11-7-10(13(17)18)15-19-11/h2-6,8,11H,7H2,1H3,(H,14,16)(H,17,18). The number of carbonyl (C=O) groups is 2. The number of benzene rings is 1. The lowest BCUT2D eigenvalue weighted by Crippen LogP contribution is -2.36. The van der Waals surface area contributed by atoms with Gasteiger partial charge in [-0.15, -0.1) is 0 Å². The van der Waals surface area contributed by atoms with Crippen LogP contribution in [-0.2, 0) is 14.4 Å². The summed E-state index contributed by atoms with van der Waals surface area (Å²) in [5.41, 5.74) is 0.834. The average Bonchev–Trinajstić information content (AvgIpc) is 2.89. The first-order valence-corrected chi connectivity index (χ1v) is 5.89. The maximum atomic E-state index is 11.9. The summed E-state index contributed by atoms with van der Waals surface area (Å²) in [6.45, 7) is 1.85. The SMILES string of the molecule is CC(NC(=O)C1CC(C(=O)O)=NO1)c1ccccc1. The summed E-state index contributed by atoms with van der Waals surface area (Å²) in [4.78, 5) is 27.4. The Morgan fingerprint density at radius 2 is 2.11 bits per heavy atom. The van der Waals surface area contributed by atoms with Crippen molar-refractivity contribution in [2.75, 3.05) is 0 Å². The van der Waals surface area contributed by atoms with E-state index in [1.807, 2.05) is 37.3 Å². The molecule has 0 bridgehead atoms. The number of carbonyl (C=O) groups excluding carboxylic acids is 1. The number of amides is 1. The molecule has 0 fully saturated rings. The van der Waals surface area contributed by atoms with Crippen molar-refractivity contribution >= 4 is 17.6 Å². The lowest BCUT2D eigenvalue weighted by molar-refractivity contribution is -0.132. The molecule has 1 aliphatic heterocycles. The highest BCUT2D eigenvalue weighted by Crippen LogP contribution is 2.15. The van der Waals surface area contributed by atoms with Crippen LogP contribution in [0.1, 0.15) is 24.9 Å². The van der Waals surface area contributed by atoms with E-state index in [-0.39, 0.29) is 24.1 Å². The van der Waals surface area contributed by atoms with Crippen LogP contribution in [0.3, 0.4) is 0 Å². The number of hydrogen-bond acceptors (Lipinski definition) is 4. The Morgan fingerprint density at radius 3 is 2.68 bits per heavy atom. The van der Waals surface area contributed by atoms with Crippen molar-refractivity contribution in [2.45, 2.75) is 25.5 Å². The largest absolute Gasteiger partial charge is 0.477 e. The first-order valence-electron chi connectivity index (χ1n) is 5.89. The van der Waals surface area contributed by atoms with Gasteiger partial charge in [-0.3, -0.25) is 4.79 Å². The third kappa shape index (κ3) is 3.09. The van der Waals surface area contributed by atoms with Crippen molar-refractivity contribution in [3.8, 4) is 0 Å². The highest BCUT2D eigenvalue weighted by Gasteiger charge is 2.32. The van der Waals surface area contributed by atoms with Crippen LogP contribution in [0.25, 0.3) is 0 Å². The number of nitrogens with zero attached hydrogens (tertiary/aromatic N) is 1. The van der Waals surface area contributed by atoms with Gasteiger partial charge in [0.15, 0.2) is 5.71 Å². The topological polar surface area (TPSA) is 88.0 Å². The molecule has 1 amide bonds. The zero-order valence-corrected chi connectivity index (χ0v) is 10.4. The number of carboxylic acids is 1. The minimum Gasteiger partial charge on any atom is -0.477 e. The van der Waals surface area contributed by atoms with Crippen LogP contribution in [-0.4, -0.2) is 28.8 Å². The molecule has 1 aromatic carbocycles. The van der Waals surface area contributed by atoms with Gasteiger partial charge in [0.25, 0.3) is 5.91 Å². The number of rotatable bonds is 4. The minimum absolute atomic E-state index is 0.0112. The van der Waals surface area contributed by atoms with Gasteiger partial charge in [-0.25, -0.2) is 4.79 Å². The van der Waals surface area contributed by atoms with E-state index in [1.165, 1.54) is 0 Å². The van der Waals surface area contributed by atoms with E-state index in [0.29, 0.717) is 0 Å². The molecule has 6 heteroatoms. The minimum atomic E-state index is -1.16. The third-order valence-corrected chi connectivity index (χ3v) is 2.87. The van der Waals surface area contributed by atoms with Gasteiger partial charge in [0, 0.05) is 6.42 Å². The molecule has 0 saturated carbocycles. The van der Waals surface area contributed by atoms with E-state index in [2.05, 4.69) is 10.5 Å². The molecule has 1 aliphatic rings. The zero-order valence-electron chi connectivity index (χ0n) is 10.4. The second-order valence-corrected chi connectivity index (χ2v) is 4.28. The highest BCUT2D eigenvalue weighted by molar-refractivity contribution is 6.36. The van der Waals surface area contributed by atoms with E-state index in [9.17, 15) is 9.59 Å². The van der Waals surface area contributed by atoms with Gasteiger partial charge in [-0.1, -0.05) is 35.5 Å². The number of oxime groups is 1. The van der Waals surface area contributed by atoms with E-state index in [4.69, 9.17) is 9.94 Å². The summed E-state index contributed by atoms with van der Waals surface area (Å²) in [5, 5.41) is 14.9. The van der Waals surface area contributed by atoms with Crippen LogP contribution in [0.5, 0.6) is 0 Å². The maximum absolute atomic E-state index is 11.9. The molecule has 0 spiro atoms. The molecular weight excluding hydrogens is 248 g/mol. The number of carboxylic acid groups (broad SMARTS) is 1. The lowest BCUT2D eigenvalue weighted by atomic mass is 10.1. The van der Waals surface area contributed by atoms with E-state index < -0.39 is 12.1 Å². The molecule has 0 aromatic heterocycles. The van der Waals surface area contributed by atoms with E-state index in [0.717, 1.165) is 5.56 Å². The number of hydrogen-bond donors (Lipinski definition) is 2. The number of nitrogens with one attached hydrogen (secondary N) is 1. The predicted octanol–water partition coefficient (Wildman–Crippen LogP) is 1.09. The van der Waals surface area contributed by atoms with Crippen molar-refractivity contribution in [3.05, 3.63) is 35.9 Å². The molecule has 6 nitrogen and oxygen atoms in total. The van der Waals surface area contributed by atoms with E-state index in [1.54, 1.807) is 0 Å². The quantitative estimate of drug-likeness (QED) is 0.850. The summed E-state index contributed by atoms with van der Waals surface area (Å²) >= 11 is 0. The van der Waals surface area contributed by atoms with Crippen LogP contribution < -0.4 is 5.32 Å². The van der Waals surface area contributed by atoms with Crippen LogP contribution in [0.15, 0.2) is 35.5 Å². The first-order chi connectivity index (χ1) is 9.08. The Balaban J connectivity index is 1.91. The van der Waals surface area contributed by atoms with Gasteiger partial charge >= 0.3 is 5.97 Å². The van der Waals surface area contributed by atoms with Gasteiger partial charge in [-0.2, -0.15) is 0 Å². The molecule has 2 unspecified atom stereocenters. The molecule has 100 valence electrons. The van der Waals surface area contributed by atoms with Crippen molar-refractivity contribution in [1.82, 2.24) is 5.32 Å². The van der Waals surface area contributed by atoms with Crippen LogP contribution in [0.4, 0.5) is 0 Å². The van der Waals surface area contributed by atoms with Crippen molar-refractivity contribution in [2.24, 2.45) is 5.16 Å². The fourth-order valence-electron chi connectivity index (χ4n) is 1.78. The molecule has 0 radical (unpaired) electrons. The Labute approximate surface area is 110 Å². The van der Waals surface area contributed by atoms with Gasteiger partial charge in [0.1, 0.15) is 0 Å². The lowest BCUT2D eigenvalue weighted by Gasteiger charge is -2.16. The van der Waals surface area contributed by atoms with E-state index >= 15 is 0 Å². The molecule has 2 atom stereocenters. The summed E-state index contributed by atoms with van der Waals surface area (Å²) in [5.74, 6) is -1.53. The van der Waals surface area contributed by atoms with Gasteiger partial charge in [0.05, 0.1) is 6.04 Å². The van der Waals surface area contributed by atoms with Crippen LogP contribution in [0, 0.1) is 0 Å². The van der Waals surface area contributed by atoms with Crippen molar-refractivity contribution in [3.63, 3.8) is 0 Å². The van der Waals surface area contributed by atoms with Crippen LogP contribution >= 0.6 is 0 Å². The van der Waals surface area contributed by atoms with Crippen molar-refractivity contribution < 1.29 is 19.5 Å². The van der Waals surface area contributed by atoms with Crippen molar-refractivity contribution in [1.29, 1.82) is 0 Å². The summed E-state index contributed by atoms with van der Waals surface area (Å²) in [7, 11) is 0. The van der Waals surface area contributed by atoms with Gasteiger partial charge in [0.2, 0.25) is 6.10 Å².